The molecule has 0 aliphatic carbocycles. The van der Waals surface area contributed by atoms with E-state index in [1.54, 1.807) is 0 Å². The predicted octanol–water partition coefficient (Wildman–Crippen LogP) is 11.5. The standard InChI is InChI=1S/C51H90O9/c1-3-5-7-9-11-13-15-17-19-21-22-23-25-27-29-31-33-35-37-39-41-57-43-45(44-58-51-50(56)49(55)48(54)46(42-52)60-51)59-47(53)40-38-36-34-32-30-28-26-24-20-18-16-14-12-10-8-6-4-2/h5,7,11,13,17,19,22-23,27,29,45-46,48-52,54-56H,3-4,6,8-10,12,14-16,18,20-21,24-26,28,30-44H2,1-2H3/b7-5-,13-11-,19-17-,23-22-,29-27-. The summed E-state index contributed by atoms with van der Waals surface area (Å²) in [6.45, 7) is 4.40. The number of hydrogen-bond acceptors (Lipinski definition) is 9. The molecule has 60 heavy (non-hydrogen) atoms. The van der Waals surface area contributed by atoms with Crippen LogP contribution in [0.4, 0.5) is 0 Å². The van der Waals surface area contributed by atoms with Crippen LogP contribution in [0.1, 0.15) is 194 Å². The topological polar surface area (TPSA) is 135 Å². The van der Waals surface area contributed by atoms with Crippen molar-refractivity contribution in [3.05, 3.63) is 60.8 Å². The number of carbonyl (C=O) groups is 1. The fraction of sp³-hybridized carbons (Fsp3) is 0.784. The average molecular weight is 847 g/mol. The highest BCUT2D eigenvalue weighted by atomic mass is 16.7. The molecule has 0 amide bonds. The molecule has 0 aromatic heterocycles. The van der Waals surface area contributed by atoms with Gasteiger partial charge in [-0.15, -0.1) is 0 Å². The number of aliphatic hydroxyl groups is 4. The molecule has 1 fully saturated rings. The molecule has 1 saturated heterocycles. The molecule has 0 aromatic rings. The van der Waals surface area contributed by atoms with Crippen molar-refractivity contribution in [3.8, 4) is 0 Å². The van der Waals surface area contributed by atoms with Gasteiger partial charge in [-0.3, -0.25) is 4.79 Å². The quantitative estimate of drug-likeness (QED) is 0.0269. The van der Waals surface area contributed by atoms with E-state index in [0.717, 1.165) is 83.5 Å². The second kappa shape index (κ2) is 42.2. The van der Waals surface area contributed by atoms with Gasteiger partial charge in [-0.1, -0.05) is 190 Å². The molecule has 0 saturated carbocycles. The van der Waals surface area contributed by atoms with E-state index in [-0.39, 0.29) is 19.2 Å². The molecule has 0 spiro atoms. The third kappa shape index (κ3) is 32.6. The van der Waals surface area contributed by atoms with Crippen LogP contribution >= 0.6 is 0 Å². The van der Waals surface area contributed by atoms with Crippen molar-refractivity contribution in [2.75, 3.05) is 26.4 Å². The molecule has 1 heterocycles. The number of unbranched alkanes of at least 4 members (excludes halogenated alkanes) is 20. The molecule has 9 heteroatoms. The van der Waals surface area contributed by atoms with E-state index in [1.165, 1.54) is 89.9 Å². The van der Waals surface area contributed by atoms with Crippen LogP contribution in [0, 0.1) is 0 Å². The fourth-order valence-electron chi connectivity index (χ4n) is 7.17. The minimum Gasteiger partial charge on any atom is -0.457 e. The molecule has 9 nitrogen and oxygen atoms in total. The highest BCUT2D eigenvalue weighted by Crippen LogP contribution is 2.23. The summed E-state index contributed by atoms with van der Waals surface area (Å²) in [7, 11) is 0. The van der Waals surface area contributed by atoms with Crippen molar-refractivity contribution < 1.29 is 44.2 Å². The Morgan fingerprint density at radius 1 is 0.550 bits per heavy atom. The Morgan fingerprint density at radius 2 is 1.02 bits per heavy atom. The normalized spacial score (nSPS) is 20.5. The maximum atomic E-state index is 12.8. The van der Waals surface area contributed by atoms with E-state index in [1.807, 2.05) is 0 Å². The van der Waals surface area contributed by atoms with Gasteiger partial charge in [0.05, 0.1) is 19.8 Å². The highest BCUT2D eigenvalue weighted by molar-refractivity contribution is 5.69. The molecular formula is C51H90O9. The molecule has 0 bridgehead atoms. The number of hydrogen-bond donors (Lipinski definition) is 4. The van der Waals surface area contributed by atoms with Gasteiger partial charge in [0.1, 0.15) is 30.5 Å². The number of rotatable bonds is 41. The maximum Gasteiger partial charge on any atom is 0.306 e. The zero-order valence-electron chi connectivity index (χ0n) is 38.2. The van der Waals surface area contributed by atoms with Crippen LogP contribution < -0.4 is 0 Å². The van der Waals surface area contributed by atoms with Gasteiger partial charge in [-0.2, -0.15) is 0 Å². The Kier molecular flexibility index (Phi) is 39.3. The lowest BCUT2D eigenvalue weighted by Gasteiger charge is -2.39. The first-order chi connectivity index (χ1) is 29.4. The summed E-state index contributed by atoms with van der Waals surface area (Å²) in [5, 5.41) is 40.2. The molecule has 348 valence electrons. The molecule has 1 aliphatic rings. The zero-order valence-corrected chi connectivity index (χ0v) is 38.2. The van der Waals surface area contributed by atoms with Crippen LogP contribution in [0.5, 0.6) is 0 Å². The highest BCUT2D eigenvalue weighted by Gasteiger charge is 2.44. The summed E-state index contributed by atoms with van der Waals surface area (Å²) in [5.41, 5.74) is 0. The van der Waals surface area contributed by atoms with E-state index in [4.69, 9.17) is 18.9 Å². The average Bonchev–Trinajstić information content (AvgIpc) is 3.25. The first-order valence-corrected chi connectivity index (χ1v) is 24.4. The molecule has 0 aromatic carbocycles. The third-order valence-electron chi connectivity index (χ3n) is 10.9. The lowest BCUT2D eigenvalue weighted by Crippen LogP contribution is -2.59. The van der Waals surface area contributed by atoms with Gasteiger partial charge >= 0.3 is 5.97 Å². The van der Waals surface area contributed by atoms with Crippen molar-refractivity contribution in [2.24, 2.45) is 0 Å². The number of carbonyl (C=O) groups excluding carboxylic acids is 1. The first kappa shape index (κ1) is 55.9. The minimum absolute atomic E-state index is 0.124. The summed E-state index contributed by atoms with van der Waals surface area (Å²) in [6.07, 6.45) is 46.8. The first-order valence-electron chi connectivity index (χ1n) is 24.4. The summed E-state index contributed by atoms with van der Waals surface area (Å²) in [4.78, 5) is 12.8. The summed E-state index contributed by atoms with van der Waals surface area (Å²) in [5.74, 6) is -0.322. The van der Waals surface area contributed by atoms with Crippen LogP contribution in [-0.4, -0.2) is 89.6 Å². The number of ether oxygens (including phenoxy) is 4. The van der Waals surface area contributed by atoms with Crippen molar-refractivity contribution in [2.45, 2.75) is 230 Å². The summed E-state index contributed by atoms with van der Waals surface area (Å²) in [6, 6.07) is 0. The molecule has 6 unspecified atom stereocenters. The smallest absolute Gasteiger partial charge is 0.306 e. The lowest BCUT2D eigenvalue weighted by atomic mass is 9.99. The summed E-state index contributed by atoms with van der Waals surface area (Å²) >= 11 is 0. The number of aliphatic hydroxyl groups excluding tert-OH is 4. The molecule has 0 radical (unpaired) electrons. The van der Waals surface area contributed by atoms with Crippen LogP contribution in [0.25, 0.3) is 0 Å². The van der Waals surface area contributed by atoms with E-state index < -0.39 is 43.4 Å². The van der Waals surface area contributed by atoms with Crippen LogP contribution in [0.3, 0.4) is 0 Å². The minimum atomic E-state index is -1.54. The Balaban J connectivity index is 2.26. The van der Waals surface area contributed by atoms with Crippen molar-refractivity contribution >= 4 is 5.97 Å². The fourth-order valence-corrected chi connectivity index (χ4v) is 7.17. The molecule has 6 atom stereocenters. The number of esters is 1. The van der Waals surface area contributed by atoms with E-state index >= 15 is 0 Å². The Bertz CT molecular complexity index is 1100. The SMILES string of the molecule is CC/C=C\C/C=C\C/C=C\C/C=C\C/C=C\CCCCCCOCC(COC1OC(CO)C(O)C(O)C1O)OC(=O)CCCCCCCCCCCCCCCCCCC. The third-order valence-corrected chi connectivity index (χ3v) is 10.9. The Morgan fingerprint density at radius 3 is 1.53 bits per heavy atom. The predicted molar refractivity (Wildman–Crippen MR) is 247 cm³/mol. The van der Waals surface area contributed by atoms with Gasteiger partial charge in [0.2, 0.25) is 0 Å². The summed E-state index contributed by atoms with van der Waals surface area (Å²) < 4.78 is 22.8. The Labute approximate surface area is 366 Å². The Hall–Kier alpha value is -2.11. The van der Waals surface area contributed by atoms with Gasteiger partial charge in [0.15, 0.2) is 6.29 Å². The second-order valence-corrected chi connectivity index (χ2v) is 16.5. The van der Waals surface area contributed by atoms with E-state index in [0.29, 0.717) is 13.0 Å². The number of allylic oxidation sites excluding steroid dienone is 10. The molecule has 4 N–H and O–H groups in total. The van der Waals surface area contributed by atoms with Crippen molar-refractivity contribution in [3.63, 3.8) is 0 Å². The van der Waals surface area contributed by atoms with E-state index in [2.05, 4.69) is 74.6 Å². The van der Waals surface area contributed by atoms with Crippen LogP contribution in [-0.2, 0) is 23.7 Å². The second-order valence-electron chi connectivity index (χ2n) is 16.5. The van der Waals surface area contributed by atoms with Gasteiger partial charge in [-0.25, -0.2) is 0 Å². The van der Waals surface area contributed by atoms with E-state index in [9.17, 15) is 25.2 Å². The van der Waals surface area contributed by atoms with Crippen LogP contribution in [0.15, 0.2) is 60.8 Å². The molecule has 1 aliphatic heterocycles. The van der Waals surface area contributed by atoms with Gasteiger partial charge in [-0.05, 0) is 57.8 Å². The maximum absolute atomic E-state index is 12.8. The largest absolute Gasteiger partial charge is 0.457 e. The van der Waals surface area contributed by atoms with Crippen molar-refractivity contribution in [1.29, 1.82) is 0 Å². The van der Waals surface area contributed by atoms with Gasteiger partial charge in [0, 0.05) is 13.0 Å². The monoisotopic (exact) mass is 847 g/mol. The van der Waals surface area contributed by atoms with Gasteiger partial charge < -0.3 is 39.4 Å². The lowest BCUT2D eigenvalue weighted by molar-refractivity contribution is -0.305. The molecular weight excluding hydrogens is 757 g/mol. The van der Waals surface area contributed by atoms with Gasteiger partial charge in [0.25, 0.3) is 0 Å². The van der Waals surface area contributed by atoms with Crippen LogP contribution in [0.2, 0.25) is 0 Å². The zero-order chi connectivity index (χ0) is 43.6. The van der Waals surface area contributed by atoms with Crippen molar-refractivity contribution in [1.82, 2.24) is 0 Å². The molecule has 1 rings (SSSR count).